The van der Waals surface area contributed by atoms with Crippen molar-refractivity contribution in [2.75, 3.05) is 5.32 Å². The Bertz CT molecular complexity index is 1250. The highest BCUT2D eigenvalue weighted by molar-refractivity contribution is 14.1. The maximum atomic E-state index is 12.6. The minimum absolute atomic E-state index is 0.108. The highest BCUT2D eigenvalue weighted by Gasteiger charge is 2.14. The summed E-state index contributed by atoms with van der Waals surface area (Å²) in [6.45, 7) is 1.48. The van der Waals surface area contributed by atoms with Crippen LogP contribution in [0.25, 0.3) is 21.9 Å². The van der Waals surface area contributed by atoms with Crippen LogP contribution in [0.3, 0.4) is 0 Å². The quantitative estimate of drug-likeness (QED) is 0.402. The highest BCUT2D eigenvalue weighted by atomic mass is 127. The van der Waals surface area contributed by atoms with Crippen LogP contribution in [0.5, 0.6) is 0 Å². The van der Waals surface area contributed by atoms with Crippen LogP contribution in [-0.2, 0) is 11.2 Å². The molecular formula is C23H18IN3O2. The normalized spacial score (nSPS) is 10.8. The summed E-state index contributed by atoms with van der Waals surface area (Å²) in [6.07, 6.45) is 0.648. The van der Waals surface area contributed by atoms with Crippen molar-refractivity contribution in [3.05, 3.63) is 91.9 Å². The summed E-state index contributed by atoms with van der Waals surface area (Å²) in [5.41, 5.74) is 4.47. The van der Waals surface area contributed by atoms with Gasteiger partial charge < -0.3 is 5.32 Å². The van der Waals surface area contributed by atoms with Gasteiger partial charge in [0.1, 0.15) is 0 Å². The van der Waals surface area contributed by atoms with Gasteiger partial charge in [0.25, 0.3) is 5.56 Å². The smallest absolute Gasteiger partial charge is 0.273 e. The molecule has 0 aliphatic rings. The molecule has 0 unspecified atom stereocenters. The number of nitrogens with one attached hydrogen (secondary N) is 2. The van der Waals surface area contributed by atoms with E-state index in [0.29, 0.717) is 11.8 Å². The van der Waals surface area contributed by atoms with E-state index in [0.717, 1.165) is 37.0 Å². The van der Waals surface area contributed by atoms with E-state index in [1.807, 2.05) is 54.6 Å². The molecule has 0 bridgehead atoms. The van der Waals surface area contributed by atoms with Gasteiger partial charge in [-0.25, -0.2) is 5.10 Å². The van der Waals surface area contributed by atoms with E-state index < -0.39 is 0 Å². The Balaban J connectivity index is 1.78. The zero-order valence-corrected chi connectivity index (χ0v) is 17.9. The third-order valence-corrected chi connectivity index (χ3v) is 5.82. The molecule has 0 radical (unpaired) electrons. The Morgan fingerprint density at radius 2 is 1.76 bits per heavy atom. The lowest BCUT2D eigenvalue weighted by Crippen LogP contribution is -2.13. The van der Waals surface area contributed by atoms with Gasteiger partial charge in [-0.15, -0.1) is 0 Å². The monoisotopic (exact) mass is 495 g/mol. The molecule has 4 aromatic rings. The topological polar surface area (TPSA) is 74.8 Å². The summed E-state index contributed by atoms with van der Waals surface area (Å²) in [6, 6.07) is 21.7. The number of amides is 1. The van der Waals surface area contributed by atoms with Gasteiger partial charge in [-0.1, -0.05) is 54.6 Å². The first kappa shape index (κ1) is 19.3. The number of nitrogens with zero attached hydrogens (tertiary/aromatic N) is 1. The summed E-state index contributed by atoms with van der Waals surface area (Å²) >= 11 is 2.23. The molecule has 4 rings (SSSR count). The van der Waals surface area contributed by atoms with Crippen LogP contribution < -0.4 is 10.9 Å². The van der Waals surface area contributed by atoms with Gasteiger partial charge in [0, 0.05) is 28.0 Å². The molecule has 1 amide bonds. The number of anilines is 1. The van der Waals surface area contributed by atoms with Gasteiger partial charge in [0.05, 0.1) is 11.1 Å². The Morgan fingerprint density at radius 1 is 1.03 bits per heavy atom. The van der Waals surface area contributed by atoms with E-state index in [1.165, 1.54) is 6.92 Å². The van der Waals surface area contributed by atoms with E-state index >= 15 is 0 Å². The van der Waals surface area contributed by atoms with Crippen molar-refractivity contribution < 1.29 is 4.79 Å². The van der Waals surface area contributed by atoms with Gasteiger partial charge in [-0.05, 0) is 51.4 Å². The molecule has 144 valence electrons. The summed E-state index contributed by atoms with van der Waals surface area (Å²) in [5.74, 6) is -0.108. The van der Waals surface area contributed by atoms with Crippen LogP contribution in [0.2, 0.25) is 0 Å². The number of hydrogen-bond donors (Lipinski definition) is 2. The molecule has 1 aromatic heterocycles. The third kappa shape index (κ3) is 4.07. The number of hydrogen-bond acceptors (Lipinski definition) is 3. The van der Waals surface area contributed by atoms with E-state index in [9.17, 15) is 9.59 Å². The van der Waals surface area contributed by atoms with E-state index in [2.05, 4.69) is 50.2 Å². The molecule has 0 fully saturated rings. The van der Waals surface area contributed by atoms with Gasteiger partial charge >= 0.3 is 0 Å². The second-order valence-electron chi connectivity index (χ2n) is 6.77. The number of carbonyl (C=O) groups is 1. The lowest BCUT2D eigenvalue weighted by molar-refractivity contribution is -0.114. The molecule has 3 aromatic carbocycles. The molecule has 0 saturated heterocycles. The largest absolute Gasteiger partial charge is 0.326 e. The van der Waals surface area contributed by atoms with Gasteiger partial charge in [0.15, 0.2) is 0 Å². The van der Waals surface area contributed by atoms with Crippen molar-refractivity contribution in [1.82, 2.24) is 10.2 Å². The predicted octanol–water partition coefficient (Wildman–Crippen LogP) is 4.74. The maximum Gasteiger partial charge on any atom is 0.273 e. The summed E-state index contributed by atoms with van der Waals surface area (Å²) < 4.78 is 0.880. The second kappa shape index (κ2) is 8.16. The molecule has 6 heteroatoms. The molecule has 0 aliphatic carbocycles. The SMILES string of the molecule is CC(=O)Nc1ccc(-c2ccc3c(Cc4ccccc4)n[nH]c(=O)c3c2I)cc1. The molecule has 29 heavy (non-hydrogen) atoms. The Labute approximate surface area is 181 Å². The van der Waals surface area contributed by atoms with Crippen molar-refractivity contribution in [3.63, 3.8) is 0 Å². The molecule has 1 heterocycles. The van der Waals surface area contributed by atoms with Crippen molar-refractivity contribution >= 4 is 45.0 Å². The predicted molar refractivity (Wildman–Crippen MR) is 124 cm³/mol. The number of rotatable bonds is 4. The third-order valence-electron chi connectivity index (χ3n) is 4.70. The molecule has 0 spiro atoms. The number of fused-ring (bicyclic) bond motifs is 1. The van der Waals surface area contributed by atoms with E-state index in [4.69, 9.17) is 0 Å². The average molecular weight is 495 g/mol. The second-order valence-corrected chi connectivity index (χ2v) is 7.85. The standard InChI is InChI=1S/C23H18IN3O2/c1-14(28)25-17-9-7-16(8-10-17)18-11-12-19-20(13-15-5-3-2-4-6-15)26-27-23(29)21(19)22(18)24/h2-12H,13H2,1H3,(H,25,28)(H,27,29). The first-order chi connectivity index (χ1) is 14.0. The number of H-pyrrole nitrogens is 1. The van der Waals surface area contributed by atoms with Crippen molar-refractivity contribution in [1.29, 1.82) is 0 Å². The van der Waals surface area contributed by atoms with E-state index in [-0.39, 0.29) is 11.5 Å². The molecular weight excluding hydrogens is 477 g/mol. The van der Waals surface area contributed by atoms with Crippen molar-refractivity contribution in [2.45, 2.75) is 13.3 Å². The fourth-order valence-electron chi connectivity index (χ4n) is 3.36. The fraction of sp³-hybridized carbons (Fsp3) is 0.0870. The summed E-state index contributed by atoms with van der Waals surface area (Å²) in [7, 11) is 0. The Morgan fingerprint density at radius 3 is 2.45 bits per heavy atom. The van der Waals surface area contributed by atoms with Crippen molar-refractivity contribution in [3.8, 4) is 11.1 Å². The number of aromatic amines is 1. The van der Waals surface area contributed by atoms with Crippen LogP contribution >= 0.6 is 22.6 Å². The van der Waals surface area contributed by atoms with E-state index in [1.54, 1.807) is 0 Å². The van der Waals surface area contributed by atoms with Crippen LogP contribution in [0.1, 0.15) is 18.2 Å². The minimum Gasteiger partial charge on any atom is -0.326 e. The van der Waals surface area contributed by atoms with Gasteiger partial charge in [-0.3, -0.25) is 9.59 Å². The van der Waals surface area contributed by atoms with Crippen LogP contribution in [0.4, 0.5) is 5.69 Å². The first-order valence-electron chi connectivity index (χ1n) is 9.14. The molecule has 0 aliphatic heterocycles. The summed E-state index contributed by atoms with van der Waals surface area (Å²) in [4.78, 5) is 23.8. The Kier molecular flexibility index (Phi) is 5.44. The molecule has 0 saturated carbocycles. The average Bonchev–Trinajstić information content (AvgIpc) is 2.71. The maximum absolute atomic E-state index is 12.6. The van der Waals surface area contributed by atoms with Crippen LogP contribution in [0.15, 0.2) is 71.5 Å². The zero-order chi connectivity index (χ0) is 20.4. The lowest BCUT2D eigenvalue weighted by atomic mass is 9.99. The lowest BCUT2D eigenvalue weighted by Gasteiger charge is -2.11. The van der Waals surface area contributed by atoms with Crippen LogP contribution in [0, 0.1) is 3.57 Å². The molecule has 2 N–H and O–H groups in total. The number of aromatic nitrogens is 2. The first-order valence-corrected chi connectivity index (χ1v) is 10.2. The number of halogens is 1. The summed E-state index contributed by atoms with van der Waals surface area (Å²) in [5, 5.41) is 11.2. The molecule has 0 atom stereocenters. The number of carbonyl (C=O) groups excluding carboxylic acids is 1. The van der Waals surface area contributed by atoms with Gasteiger partial charge in [0.2, 0.25) is 5.91 Å². The minimum atomic E-state index is -0.196. The van der Waals surface area contributed by atoms with Crippen molar-refractivity contribution in [2.24, 2.45) is 0 Å². The fourth-order valence-corrected chi connectivity index (χ4v) is 4.38. The number of benzene rings is 3. The van der Waals surface area contributed by atoms with Crippen LogP contribution in [-0.4, -0.2) is 16.1 Å². The molecule has 5 nitrogen and oxygen atoms in total. The Hall–Kier alpha value is -3.00. The highest BCUT2D eigenvalue weighted by Crippen LogP contribution is 2.31. The van der Waals surface area contributed by atoms with Gasteiger partial charge in [-0.2, -0.15) is 5.10 Å². The zero-order valence-electron chi connectivity index (χ0n) is 15.7.